The Morgan fingerprint density at radius 3 is 3.05 bits per heavy atom. The zero-order valence-corrected chi connectivity index (χ0v) is 11.6. The van der Waals surface area contributed by atoms with Gasteiger partial charge in [0.25, 0.3) is 0 Å². The summed E-state index contributed by atoms with van der Waals surface area (Å²) in [5, 5.41) is 1.05. The predicted molar refractivity (Wildman–Crippen MR) is 81.3 cm³/mol. The van der Waals surface area contributed by atoms with Crippen LogP contribution in [0.5, 0.6) is 5.75 Å². The Labute approximate surface area is 119 Å². The van der Waals surface area contributed by atoms with E-state index in [0.717, 1.165) is 33.4 Å². The Balaban J connectivity index is 1.96. The van der Waals surface area contributed by atoms with Crippen molar-refractivity contribution in [3.63, 3.8) is 0 Å². The van der Waals surface area contributed by atoms with E-state index in [1.165, 1.54) is 4.70 Å². The number of pyridine rings is 1. The lowest BCUT2D eigenvalue weighted by Gasteiger charge is -2.02. The maximum absolute atomic E-state index is 5.25. The van der Waals surface area contributed by atoms with Crippen LogP contribution >= 0.6 is 11.3 Å². The third kappa shape index (κ3) is 1.67. The molecule has 3 aromatic heterocycles. The quantitative estimate of drug-likeness (QED) is 0.607. The summed E-state index contributed by atoms with van der Waals surface area (Å²) in [6.45, 7) is 0. The lowest BCUT2D eigenvalue weighted by Crippen LogP contribution is -1.84. The van der Waals surface area contributed by atoms with Crippen molar-refractivity contribution in [1.82, 2.24) is 15.0 Å². The molecule has 0 spiro atoms. The molecule has 0 saturated heterocycles. The van der Waals surface area contributed by atoms with Crippen molar-refractivity contribution in [3.05, 3.63) is 42.2 Å². The molecule has 5 heteroatoms. The highest BCUT2D eigenvalue weighted by Crippen LogP contribution is 2.32. The highest BCUT2D eigenvalue weighted by molar-refractivity contribution is 7.16. The Bertz CT molecular complexity index is 910. The Morgan fingerprint density at radius 1 is 1.20 bits per heavy atom. The van der Waals surface area contributed by atoms with Gasteiger partial charge in [0, 0.05) is 17.1 Å². The average molecular weight is 281 g/mol. The van der Waals surface area contributed by atoms with Gasteiger partial charge in [-0.1, -0.05) is 6.07 Å². The first-order chi connectivity index (χ1) is 9.85. The molecule has 0 aliphatic rings. The normalized spacial score (nSPS) is 11.2. The summed E-state index contributed by atoms with van der Waals surface area (Å²) in [5.41, 5.74) is 6.00. The molecule has 4 nitrogen and oxygen atoms in total. The minimum absolute atomic E-state index is 0.757. The molecule has 0 radical (unpaired) electrons. The number of thiazole rings is 1. The van der Waals surface area contributed by atoms with Crippen molar-refractivity contribution in [1.29, 1.82) is 0 Å². The van der Waals surface area contributed by atoms with Crippen molar-refractivity contribution in [2.24, 2.45) is 0 Å². The number of nitrogens with one attached hydrogen (secondary N) is 1. The molecule has 0 bridgehead atoms. The molecule has 0 aliphatic carbocycles. The van der Waals surface area contributed by atoms with Crippen LogP contribution < -0.4 is 4.74 Å². The van der Waals surface area contributed by atoms with E-state index >= 15 is 0 Å². The van der Waals surface area contributed by atoms with E-state index in [1.807, 2.05) is 17.8 Å². The van der Waals surface area contributed by atoms with Crippen LogP contribution in [0.15, 0.2) is 42.2 Å². The second-order valence-electron chi connectivity index (χ2n) is 4.51. The van der Waals surface area contributed by atoms with Crippen molar-refractivity contribution in [2.75, 3.05) is 7.11 Å². The van der Waals surface area contributed by atoms with Gasteiger partial charge in [0.15, 0.2) is 0 Å². The first-order valence-corrected chi connectivity index (χ1v) is 7.08. The van der Waals surface area contributed by atoms with Crippen LogP contribution in [0.25, 0.3) is 32.4 Å². The number of nitrogens with zero attached hydrogens (tertiary/aromatic N) is 2. The summed E-state index contributed by atoms with van der Waals surface area (Å²) in [7, 11) is 1.65. The van der Waals surface area contributed by atoms with Crippen molar-refractivity contribution < 1.29 is 4.74 Å². The number of hydrogen-bond donors (Lipinski definition) is 1. The van der Waals surface area contributed by atoms with Crippen LogP contribution in [0.2, 0.25) is 0 Å². The number of benzene rings is 1. The lowest BCUT2D eigenvalue weighted by molar-refractivity contribution is 0.414. The Morgan fingerprint density at radius 2 is 2.15 bits per heavy atom. The minimum Gasteiger partial charge on any atom is -0.495 e. The highest BCUT2D eigenvalue weighted by atomic mass is 32.1. The van der Waals surface area contributed by atoms with Gasteiger partial charge in [-0.2, -0.15) is 0 Å². The first-order valence-electron chi connectivity index (χ1n) is 6.20. The molecule has 4 aromatic rings. The highest BCUT2D eigenvalue weighted by Gasteiger charge is 2.09. The molecule has 20 heavy (non-hydrogen) atoms. The van der Waals surface area contributed by atoms with Crippen molar-refractivity contribution in [3.8, 4) is 16.9 Å². The van der Waals surface area contributed by atoms with Crippen LogP contribution in [0, 0.1) is 0 Å². The van der Waals surface area contributed by atoms with Gasteiger partial charge in [-0.25, -0.2) is 9.97 Å². The SMILES string of the molecule is COc1cnc2[nH]cc(-c3ccc4scnc4c3)c2c1. The zero-order valence-electron chi connectivity index (χ0n) is 10.8. The maximum atomic E-state index is 5.25. The summed E-state index contributed by atoms with van der Waals surface area (Å²) >= 11 is 1.65. The van der Waals surface area contributed by atoms with E-state index in [4.69, 9.17) is 4.74 Å². The first kappa shape index (κ1) is 11.4. The van der Waals surface area contributed by atoms with Crippen LogP contribution in [-0.2, 0) is 0 Å². The number of H-pyrrole nitrogens is 1. The van der Waals surface area contributed by atoms with E-state index in [9.17, 15) is 0 Å². The minimum atomic E-state index is 0.757. The fraction of sp³-hybridized carbons (Fsp3) is 0.0667. The molecular formula is C15H11N3OS. The van der Waals surface area contributed by atoms with Crippen molar-refractivity contribution in [2.45, 2.75) is 0 Å². The smallest absolute Gasteiger partial charge is 0.138 e. The monoisotopic (exact) mass is 281 g/mol. The largest absolute Gasteiger partial charge is 0.495 e. The third-order valence-electron chi connectivity index (χ3n) is 3.38. The fourth-order valence-corrected chi connectivity index (χ4v) is 3.02. The molecule has 0 atom stereocenters. The molecule has 0 saturated carbocycles. The van der Waals surface area contributed by atoms with Crippen LogP contribution in [-0.4, -0.2) is 22.1 Å². The van der Waals surface area contributed by atoms with E-state index in [0.29, 0.717) is 0 Å². The predicted octanol–water partition coefficient (Wildman–Crippen LogP) is 3.85. The Kier molecular flexibility index (Phi) is 2.47. The van der Waals surface area contributed by atoms with Gasteiger partial charge >= 0.3 is 0 Å². The van der Waals surface area contributed by atoms with E-state index in [-0.39, 0.29) is 0 Å². The molecular weight excluding hydrogens is 270 g/mol. The summed E-state index contributed by atoms with van der Waals surface area (Å²) < 4.78 is 6.45. The van der Waals surface area contributed by atoms with Gasteiger partial charge in [0.05, 0.1) is 29.0 Å². The second-order valence-corrected chi connectivity index (χ2v) is 5.39. The third-order valence-corrected chi connectivity index (χ3v) is 4.19. The standard InChI is InChI=1S/C15H11N3OS/c1-19-10-5-11-12(7-17-15(11)16-6-10)9-2-3-14-13(4-9)18-8-20-14/h2-8H,1H3,(H,16,17). The molecule has 0 unspecified atom stereocenters. The fourth-order valence-electron chi connectivity index (χ4n) is 2.36. The van der Waals surface area contributed by atoms with Crippen LogP contribution in [0.1, 0.15) is 0 Å². The number of fused-ring (bicyclic) bond motifs is 2. The second kappa shape index (κ2) is 4.31. The number of hydrogen-bond acceptors (Lipinski definition) is 4. The topological polar surface area (TPSA) is 50.8 Å². The number of methoxy groups -OCH3 is 1. The zero-order chi connectivity index (χ0) is 13.5. The summed E-state index contributed by atoms with van der Waals surface area (Å²) in [6.07, 6.45) is 3.69. The molecule has 0 amide bonds. The number of rotatable bonds is 2. The van der Waals surface area contributed by atoms with E-state index in [2.05, 4.69) is 33.2 Å². The molecule has 0 fully saturated rings. The molecule has 98 valence electrons. The van der Waals surface area contributed by atoms with Crippen LogP contribution in [0.4, 0.5) is 0 Å². The van der Waals surface area contributed by atoms with Gasteiger partial charge in [0.1, 0.15) is 11.4 Å². The Hall–Kier alpha value is -2.40. The number of aromatic nitrogens is 3. The van der Waals surface area contributed by atoms with Gasteiger partial charge in [-0.05, 0) is 23.8 Å². The summed E-state index contributed by atoms with van der Waals surface area (Å²) in [5.74, 6) is 0.757. The van der Waals surface area contributed by atoms with Gasteiger partial charge in [0.2, 0.25) is 0 Å². The lowest BCUT2D eigenvalue weighted by atomic mass is 10.1. The van der Waals surface area contributed by atoms with Gasteiger partial charge in [-0.15, -0.1) is 11.3 Å². The number of aromatic amines is 1. The van der Waals surface area contributed by atoms with E-state index < -0.39 is 0 Å². The summed E-state index contributed by atoms with van der Waals surface area (Å²) in [6, 6.07) is 8.32. The number of ether oxygens (including phenoxy) is 1. The molecule has 1 aromatic carbocycles. The van der Waals surface area contributed by atoms with E-state index in [1.54, 1.807) is 24.6 Å². The summed E-state index contributed by atoms with van der Waals surface area (Å²) in [4.78, 5) is 11.9. The molecule has 1 N–H and O–H groups in total. The maximum Gasteiger partial charge on any atom is 0.138 e. The van der Waals surface area contributed by atoms with Gasteiger partial charge < -0.3 is 9.72 Å². The van der Waals surface area contributed by atoms with Crippen molar-refractivity contribution >= 4 is 32.6 Å². The molecule has 3 heterocycles. The molecule has 4 rings (SSSR count). The average Bonchev–Trinajstić information content (AvgIpc) is 3.11. The van der Waals surface area contributed by atoms with Crippen LogP contribution in [0.3, 0.4) is 0 Å². The van der Waals surface area contributed by atoms with Gasteiger partial charge in [-0.3, -0.25) is 0 Å². The molecule has 0 aliphatic heterocycles.